The van der Waals surface area contributed by atoms with E-state index in [0.717, 1.165) is 55.8 Å². The van der Waals surface area contributed by atoms with E-state index in [1.165, 1.54) is 44.1 Å². The molecule has 0 aliphatic carbocycles. The van der Waals surface area contributed by atoms with Crippen LogP contribution in [0.2, 0.25) is 0 Å². The molecular formula is C54H36N2O. The number of benzene rings is 9. The van der Waals surface area contributed by atoms with Gasteiger partial charge in [-0.25, -0.2) is 0 Å². The second kappa shape index (κ2) is 13.6. The number of rotatable bonds is 7. The predicted molar refractivity (Wildman–Crippen MR) is 239 cm³/mol. The Hall–Kier alpha value is -7.62. The molecule has 2 aromatic heterocycles. The summed E-state index contributed by atoms with van der Waals surface area (Å²) in [4.78, 5) is 2.35. The average Bonchev–Trinajstić information content (AvgIpc) is 3.84. The largest absolute Gasteiger partial charge is 0.455 e. The van der Waals surface area contributed by atoms with E-state index in [4.69, 9.17) is 4.42 Å². The van der Waals surface area contributed by atoms with Crippen molar-refractivity contribution in [3.8, 4) is 39.1 Å². The topological polar surface area (TPSA) is 21.3 Å². The van der Waals surface area contributed by atoms with Gasteiger partial charge < -0.3 is 13.9 Å². The molecule has 11 rings (SSSR count). The first-order chi connectivity index (χ1) is 28.3. The van der Waals surface area contributed by atoms with Crippen LogP contribution in [0.1, 0.15) is 0 Å². The maximum absolute atomic E-state index is 6.82. The number of hydrogen-bond acceptors (Lipinski definition) is 2. The highest BCUT2D eigenvalue weighted by atomic mass is 16.3. The Balaban J connectivity index is 1.06. The molecule has 0 unspecified atom stereocenters. The van der Waals surface area contributed by atoms with Gasteiger partial charge in [0.25, 0.3) is 0 Å². The van der Waals surface area contributed by atoms with Crippen LogP contribution in [-0.4, -0.2) is 4.57 Å². The van der Waals surface area contributed by atoms with Crippen molar-refractivity contribution >= 4 is 60.8 Å². The van der Waals surface area contributed by atoms with Gasteiger partial charge in [-0.15, -0.1) is 0 Å². The van der Waals surface area contributed by atoms with Crippen LogP contribution in [0.15, 0.2) is 223 Å². The molecule has 0 atom stereocenters. The zero-order chi connectivity index (χ0) is 37.7. The summed E-state index contributed by atoms with van der Waals surface area (Å²) in [5.74, 6) is 0. The number of hydrogen-bond donors (Lipinski definition) is 0. The number of anilines is 3. The zero-order valence-electron chi connectivity index (χ0n) is 31.1. The number of furan rings is 1. The lowest BCUT2D eigenvalue weighted by atomic mass is 9.97. The Morgan fingerprint density at radius 2 is 0.930 bits per heavy atom. The molecule has 0 aliphatic rings. The first kappa shape index (κ1) is 32.8. The van der Waals surface area contributed by atoms with Crippen LogP contribution in [0.25, 0.3) is 82.8 Å². The molecule has 57 heavy (non-hydrogen) atoms. The smallest absolute Gasteiger partial charge is 0.143 e. The molecule has 11 aromatic rings. The SMILES string of the molecule is c1ccc(-c2cc(-c3ccccc3)cc(N(c3ccccc3)c3ccc(-c4cccc5c4oc4ccc6c(c7ccccc7n6-c6ccccc6)c45)cc3)c2)cc1. The quantitative estimate of drug-likeness (QED) is 0.163. The van der Waals surface area contributed by atoms with E-state index in [-0.39, 0.29) is 0 Å². The lowest BCUT2D eigenvalue weighted by Gasteiger charge is -2.27. The minimum atomic E-state index is 0.889. The van der Waals surface area contributed by atoms with Crippen LogP contribution < -0.4 is 4.90 Å². The van der Waals surface area contributed by atoms with Crippen LogP contribution >= 0.6 is 0 Å². The van der Waals surface area contributed by atoms with Crippen molar-refractivity contribution in [2.75, 3.05) is 4.90 Å². The van der Waals surface area contributed by atoms with E-state index >= 15 is 0 Å². The van der Waals surface area contributed by atoms with Gasteiger partial charge in [0.15, 0.2) is 0 Å². The van der Waals surface area contributed by atoms with Gasteiger partial charge in [0.2, 0.25) is 0 Å². The minimum Gasteiger partial charge on any atom is -0.455 e. The van der Waals surface area contributed by atoms with Crippen LogP contribution in [0.5, 0.6) is 0 Å². The zero-order valence-corrected chi connectivity index (χ0v) is 31.1. The van der Waals surface area contributed by atoms with Crippen LogP contribution in [0.4, 0.5) is 17.1 Å². The van der Waals surface area contributed by atoms with Crippen molar-refractivity contribution in [3.05, 3.63) is 218 Å². The van der Waals surface area contributed by atoms with Crippen molar-refractivity contribution in [2.45, 2.75) is 0 Å². The molecule has 0 amide bonds. The highest BCUT2D eigenvalue weighted by molar-refractivity contribution is 6.28. The van der Waals surface area contributed by atoms with Gasteiger partial charge >= 0.3 is 0 Å². The lowest BCUT2D eigenvalue weighted by Crippen LogP contribution is -2.10. The molecule has 0 radical (unpaired) electrons. The minimum absolute atomic E-state index is 0.889. The van der Waals surface area contributed by atoms with Crippen LogP contribution in [0.3, 0.4) is 0 Å². The van der Waals surface area contributed by atoms with Crippen molar-refractivity contribution in [2.24, 2.45) is 0 Å². The van der Waals surface area contributed by atoms with E-state index in [9.17, 15) is 0 Å². The molecule has 9 aromatic carbocycles. The fourth-order valence-corrected chi connectivity index (χ4v) is 8.58. The molecular weight excluding hydrogens is 693 g/mol. The summed E-state index contributed by atoms with van der Waals surface area (Å²) >= 11 is 0. The van der Waals surface area contributed by atoms with Crippen LogP contribution in [-0.2, 0) is 0 Å². The molecule has 268 valence electrons. The number of nitrogens with zero attached hydrogens (tertiary/aromatic N) is 2. The Kier molecular flexibility index (Phi) is 7.82. The number of aromatic nitrogens is 1. The van der Waals surface area contributed by atoms with E-state index in [2.05, 4.69) is 228 Å². The predicted octanol–water partition coefficient (Wildman–Crippen LogP) is 15.2. The van der Waals surface area contributed by atoms with Gasteiger partial charge in [-0.3, -0.25) is 0 Å². The fourth-order valence-electron chi connectivity index (χ4n) is 8.58. The number of fused-ring (bicyclic) bond motifs is 7. The summed E-state index contributed by atoms with van der Waals surface area (Å²) in [5, 5.41) is 4.69. The molecule has 0 spiro atoms. The van der Waals surface area contributed by atoms with Gasteiger partial charge in [-0.1, -0.05) is 146 Å². The third-order valence-electron chi connectivity index (χ3n) is 11.2. The molecule has 3 heteroatoms. The summed E-state index contributed by atoms with van der Waals surface area (Å²) in [7, 11) is 0. The van der Waals surface area contributed by atoms with Crippen molar-refractivity contribution in [3.63, 3.8) is 0 Å². The Morgan fingerprint density at radius 1 is 0.351 bits per heavy atom. The first-order valence-electron chi connectivity index (χ1n) is 19.4. The lowest BCUT2D eigenvalue weighted by molar-refractivity contribution is 0.670. The summed E-state index contributed by atoms with van der Waals surface area (Å²) in [6, 6.07) is 77.9. The van der Waals surface area contributed by atoms with E-state index in [1.54, 1.807) is 0 Å². The fraction of sp³-hybridized carbons (Fsp3) is 0. The molecule has 0 bridgehead atoms. The maximum Gasteiger partial charge on any atom is 0.143 e. The molecule has 0 fully saturated rings. The molecule has 0 saturated heterocycles. The third kappa shape index (κ3) is 5.60. The van der Waals surface area contributed by atoms with Crippen molar-refractivity contribution < 1.29 is 4.42 Å². The number of para-hydroxylation sites is 4. The molecule has 0 N–H and O–H groups in total. The van der Waals surface area contributed by atoms with Gasteiger partial charge in [-0.05, 0) is 101 Å². The van der Waals surface area contributed by atoms with Gasteiger partial charge in [0.1, 0.15) is 11.2 Å². The van der Waals surface area contributed by atoms with Gasteiger partial charge in [-0.2, -0.15) is 0 Å². The standard InChI is InChI=1S/C54H36N2O/c1-5-16-37(17-6-1)40-34-41(38-18-7-2-8-19-38)36-45(35-40)55(42-20-9-3-10-21-42)44-30-28-39(29-31-44)46-25-15-26-48-53-51(57-54(46)48)33-32-50-52(53)47-24-13-14-27-49(47)56(50)43-22-11-4-12-23-43/h1-36H. The summed E-state index contributed by atoms with van der Waals surface area (Å²) in [6.07, 6.45) is 0. The summed E-state index contributed by atoms with van der Waals surface area (Å²) in [6.45, 7) is 0. The molecule has 0 saturated carbocycles. The van der Waals surface area contributed by atoms with E-state index < -0.39 is 0 Å². The Labute approximate surface area is 330 Å². The second-order valence-electron chi connectivity index (χ2n) is 14.5. The summed E-state index contributed by atoms with van der Waals surface area (Å²) < 4.78 is 9.18. The first-order valence-corrected chi connectivity index (χ1v) is 19.4. The van der Waals surface area contributed by atoms with Crippen molar-refractivity contribution in [1.29, 1.82) is 0 Å². The van der Waals surface area contributed by atoms with Crippen LogP contribution in [0, 0.1) is 0 Å². The Bertz CT molecular complexity index is 3140. The van der Waals surface area contributed by atoms with Gasteiger partial charge in [0.05, 0.1) is 11.0 Å². The maximum atomic E-state index is 6.82. The molecule has 3 nitrogen and oxygen atoms in total. The highest BCUT2D eigenvalue weighted by Crippen LogP contribution is 2.45. The second-order valence-corrected chi connectivity index (χ2v) is 14.5. The Morgan fingerprint density at radius 3 is 1.61 bits per heavy atom. The van der Waals surface area contributed by atoms with E-state index in [0.29, 0.717) is 0 Å². The third-order valence-corrected chi connectivity index (χ3v) is 11.2. The van der Waals surface area contributed by atoms with Crippen molar-refractivity contribution in [1.82, 2.24) is 4.57 Å². The molecule has 2 heterocycles. The highest BCUT2D eigenvalue weighted by Gasteiger charge is 2.21. The summed E-state index contributed by atoms with van der Waals surface area (Å²) in [5.41, 5.74) is 15.4. The van der Waals surface area contributed by atoms with E-state index in [1.807, 2.05) is 0 Å². The van der Waals surface area contributed by atoms with Gasteiger partial charge in [0, 0.05) is 49.9 Å². The normalized spacial score (nSPS) is 11.5. The molecule has 0 aliphatic heterocycles. The monoisotopic (exact) mass is 728 g/mol. The average molecular weight is 729 g/mol.